The Bertz CT molecular complexity index is 1130. The number of phenolic OH excluding ortho intramolecular Hbond substituents is 1. The van der Waals surface area contributed by atoms with E-state index in [1.807, 2.05) is 53.4 Å². The molecule has 7 nitrogen and oxygen atoms in total. The maximum Gasteiger partial charge on any atom is 0.239 e. The van der Waals surface area contributed by atoms with E-state index in [1.165, 1.54) is 0 Å². The Labute approximate surface area is 206 Å². The quantitative estimate of drug-likeness (QED) is 0.494. The Kier molecular flexibility index (Phi) is 8.47. The van der Waals surface area contributed by atoms with E-state index in [0.717, 1.165) is 36.1 Å². The fourth-order valence-electron chi connectivity index (χ4n) is 4.45. The lowest BCUT2D eigenvalue weighted by atomic mass is 9.92. The Hall–Kier alpha value is -3.16. The van der Waals surface area contributed by atoms with Gasteiger partial charge in [0, 0.05) is 24.6 Å². The maximum atomic E-state index is 13.1. The van der Waals surface area contributed by atoms with Crippen LogP contribution in [0.5, 0.6) is 5.75 Å². The molecule has 5 N–H and O–H groups in total. The van der Waals surface area contributed by atoms with Crippen LogP contribution < -0.4 is 11.5 Å². The Morgan fingerprint density at radius 1 is 1.15 bits per heavy atom. The van der Waals surface area contributed by atoms with E-state index in [-0.39, 0.29) is 35.9 Å². The highest BCUT2D eigenvalue weighted by Crippen LogP contribution is 2.33. The number of carbonyl (C=O) groups is 1. The molecular formula is C26H32ClN5O2. The van der Waals surface area contributed by atoms with Crippen LogP contribution in [-0.2, 0) is 17.6 Å². The van der Waals surface area contributed by atoms with Crippen molar-refractivity contribution in [2.75, 3.05) is 18.8 Å². The average molecular weight is 482 g/mol. The molecule has 0 spiro atoms. The van der Waals surface area contributed by atoms with Crippen molar-refractivity contribution in [1.29, 1.82) is 0 Å². The molecule has 0 radical (unpaired) electrons. The minimum Gasteiger partial charge on any atom is -0.507 e. The topological polar surface area (TPSA) is 118 Å². The zero-order chi connectivity index (χ0) is 23.4. The number of nitrogens with zero attached hydrogens (tertiary/aromatic N) is 3. The van der Waals surface area contributed by atoms with Gasteiger partial charge in [0.2, 0.25) is 11.9 Å². The van der Waals surface area contributed by atoms with E-state index < -0.39 is 6.04 Å². The van der Waals surface area contributed by atoms with Crippen molar-refractivity contribution in [3.8, 4) is 17.0 Å². The van der Waals surface area contributed by atoms with Crippen LogP contribution >= 0.6 is 12.4 Å². The molecule has 1 unspecified atom stereocenters. The second-order valence-corrected chi connectivity index (χ2v) is 8.66. The molecule has 1 amide bonds. The summed E-state index contributed by atoms with van der Waals surface area (Å²) in [5, 5.41) is 10.4. The van der Waals surface area contributed by atoms with Crippen molar-refractivity contribution in [2.45, 2.75) is 44.6 Å². The molecule has 1 aromatic heterocycles. The molecule has 0 bridgehead atoms. The molecule has 2 aromatic carbocycles. The van der Waals surface area contributed by atoms with Crippen LogP contribution in [-0.4, -0.2) is 45.0 Å². The molecule has 2 heterocycles. The first-order valence-corrected chi connectivity index (χ1v) is 11.5. The van der Waals surface area contributed by atoms with Crippen LogP contribution in [0.1, 0.15) is 42.5 Å². The monoisotopic (exact) mass is 481 g/mol. The molecule has 1 aliphatic heterocycles. The molecule has 0 saturated carbocycles. The zero-order valence-electron chi connectivity index (χ0n) is 19.4. The van der Waals surface area contributed by atoms with Crippen LogP contribution in [0, 0.1) is 0 Å². The number of aromatic nitrogens is 2. The van der Waals surface area contributed by atoms with Gasteiger partial charge in [-0.3, -0.25) is 4.79 Å². The van der Waals surface area contributed by atoms with Gasteiger partial charge in [-0.25, -0.2) is 9.97 Å². The summed E-state index contributed by atoms with van der Waals surface area (Å²) in [5.74, 6) is 0.308. The first-order valence-electron chi connectivity index (χ1n) is 11.5. The SMILES string of the molecule is CCc1ccc(O)c(-c2cc(C3CCCN(C(=O)[C@H](N)Cc4ccccc4)C3)nc(N)n2)c1.Cl. The van der Waals surface area contributed by atoms with Gasteiger partial charge in [0.1, 0.15) is 5.75 Å². The van der Waals surface area contributed by atoms with Gasteiger partial charge in [0.15, 0.2) is 0 Å². The number of hydrogen-bond acceptors (Lipinski definition) is 6. The number of hydrogen-bond donors (Lipinski definition) is 3. The predicted molar refractivity (Wildman–Crippen MR) is 137 cm³/mol. The van der Waals surface area contributed by atoms with Crippen molar-refractivity contribution in [2.24, 2.45) is 5.73 Å². The Balaban J connectivity index is 0.00000324. The molecule has 1 fully saturated rings. The van der Waals surface area contributed by atoms with Crippen molar-refractivity contribution in [3.05, 3.63) is 71.4 Å². The first-order chi connectivity index (χ1) is 15.9. The lowest BCUT2D eigenvalue weighted by molar-refractivity contribution is -0.133. The van der Waals surface area contributed by atoms with Gasteiger partial charge in [-0.2, -0.15) is 0 Å². The van der Waals surface area contributed by atoms with E-state index >= 15 is 0 Å². The van der Waals surface area contributed by atoms with Crippen molar-refractivity contribution < 1.29 is 9.90 Å². The molecule has 4 rings (SSSR count). The lowest BCUT2D eigenvalue weighted by Crippen LogP contribution is -2.48. The first kappa shape index (κ1) is 25.5. The molecule has 0 aliphatic carbocycles. The van der Waals surface area contributed by atoms with Gasteiger partial charge in [-0.05, 0) is 55.0 Å². The highest BCUT2D eigenvalue weighted by Gasteiger charge is 2.29. The number of halogens is 1. The van der Waals surface area contributed by atoms with E-state index in [4.69, 9.17) is 11.5 Å². The largest absolute Gasteiger partial charge is 0.507 e. The number of amides is 1. The molecular weight excluding hydrogens is 450 g/mol. The summed E-state index contributed by atoms with van der Waals surface area (Å²) in [7, 11) is 0. The molecule has 34 heavy (non-hydrogen) atoms. The summed E-state index contributed by atoms with van der Waals surface area (Å²) < 4.78 is 0. The summed E-state index contributed by atoms with van der Waals surface area (Å²) in [6.45, 7) is 3.29. The Morgan fingerprint density at radius 2 is 1.91 bits per heavy atom. The second kappa shape index (κ2) is 11.3. The van der Waals surface area contributed by atoms with Gasteiger partial charge in [0.05, 0.1) is 17.4 Å². The minimum absolute atomic E-state index is 0. The van der Waals surface area contributed by atoms with E-state index in [9.17, 15) is 9.90 Å². The third kappa shape index (κ3) is 5.85. The number of carbonyl (C=O) groups excluding carboxylic acids is 1. The van der Waals surface area contributed by atoms with Crippen LogP contribution in [0.15, 0.2) is 54.6 Å². The third-order valence-electron chi connectivity index (χ3n) is 6.28. The van der Waals surface area contributed by atoms with Gasteiger partial charge >= 0.3 is 0 Å². The molecule has 180 valence electrons. The number of aromatic hydroxyl groups is 1. The van der Waals surface area contributed by atoms with Gasteiger partial charge < -0.3 is 21.5 Å². The number of rotatable bonds is 6. The zero-order valence-corrected chi connectivity index (χ0v) is 20.2. The van der Waals surface area contributed by atoms with Gasteiger partial charge in [-0.15, -0.1) is 12.4 Å². The number of piperidine rings is 1. The summed E-state index contributed by atoms with van der Waals surface area (Å²) in [5.41, 5.74) is 16.5. The molecule has 1 aliphatic rings. The third-order valence-corrected chi connectivity index (χ3v) is 6.28. The highest BCUT2D eigenvalue weighted by atomic mass is 35.5. The number of phenols is 1. The normalized spacial score (nSPS) is 16.5. The molecule has 3 aromatic rings. The van der Waals surface area contributed by atoms with Crippen molar-refractivity contribution >= 4 is 24.3 Å². The van der Waals surface area contributed by atoms with Crippen LogP contribution in [0.4, 0.5) is 5.95 Å². The number of anilines is 1. The molecule has 2 atom stereocenters. The average Bonchev–Trinajstić information content (AvgIpc) is 2.84. The highest BCUT2D eigenvalue weighted by molar-refractivity contribution is 5.85. The minimum atomic E-state index is -0.578. The summed E-state index contributed by atoms with van der Waals surface area (Å²) in [6.07, 6.45) is 3.13. The molecule has 8 heteroatoms. The fraction of sp³-hybridized carbons (Fsp3) is 0.346. The standard InChI is InChI=1S/C26H31N5O2.ClH/c1-2-17-10-11-24(32)20(13-17)23-15-22(29-26(28)30-23)19-9-6-12-31(16-19)25(33)21(27)14-18-7-4-3-5-8-18;/h3-5,7-8,10-11,13,15,19,21,32H,2,6,9,12,14,16,27H2,1H3,(H2,28,29,30);1H/t19?,21-;/m1./s1. The lowest BCUT2D eigenvalue weighted by Gasteiger charge is -2.34. The Morgan fingerprint density at radius 3 is 2.65 bits per heavy atom. The van der Waals surface area contributed by atoms with E-state index in [0.29, 0.717) is 30.8 Å². The number of nitrogen functional groups attached to an aromatic ring is 1. The predicted octanol–water partition coefficient (Wildman–Crippen LogP) is 3.69. The van der Waals surface area contributed by atoms with Crippen molar-refractivity contribution in [3.63, 3.8) is 0 Å². The summed E-state index contributed by atoms with van der Waals surface area (Å²) >= 11 is 0. The van der Waals surface area contributed by atoms with E-state index in [2.05, 4.69) is 16.9 Å². The second-order valence-electron chi connectivity index (χ2n) is 8.66. The fourth-order valence-corrected chi connectivity index (χ4v) is 4.45. The summed E-state index contributed by atoms with van der Waals surface area (Å²) in [6, 6.07) is 16.6. The number of nitrogens with two attached hydrogens (primary N) is 2. The molecule has 1 saturated heterocycles. The van der Waals surface area contributed by atoms with Crippen LogP contribution in [0.25, 0.3) is 11.3 Å². The number of aryl methyl sites for hydroxylation is 1. The maximum absolute atomic E-state index is 13.1. The summed E-state index contributed by atoms with van der Waals surface area (Å²) in [4.78, 5) is 23.8. The van der Waals surface area contributed by atoms with Gasteiger partial charge in [-0.1, -0.05) is 43.3 Å². The smallest absolute Gasteiger partial charge is 0.239 e. The number of likely N-dealkylation sites (tertiary alicyclic amines) is 1. The van der Waals surface area contributed by atoms with Crippen LogP contribution in [0.3, 0.4) is 0 Å². The van der Waals surface area contributed by atoms with E-state index in [1.54, 1.807) is 6.07 Å². The van der Waals surface area contributed by atoms with Gasteiger partial charge in [0.25, 0.3) is 0 Å². The number of benzene rings is 2. The van der Waals surface area contributed by atoms with Crippen molar-refractivity contribution in [1.82, 2.24) is 14.9 Å². The van der Waals surface area contributed by atoms with Crippen LogP contribution in [0.2, 0.25) is 0 Å².